The third-order valence-electron chi connectivity index (χ3n) is 7.80. The van der Waals surface area contributed by atoms with Gasteiger partial charge in [0.25, 0.3) is 0 Å². The first kappa shape index (κ1) is 18.1. The number of hydrogen-bond donors (Lipinski definition) is 1. The van der Waals surface area contributed by atoms with Gasteiger partial charge < -0.3 is 0 Å². The fraction of sp³-hybridized carbons (Fsp3) is 0.714. The molecule has 5 nitrogen and oxygen atoms in total. The molecule has 0 aromatic heterocycles. The Morgan fingerprint density at radius 3 is 2.81 bits per heavy atom. The predicted octanol–water partition coefficient (Wildman–Crippen LogP) is 3.51. The van der Waals surface area contributed by atoms with E-state index in [9.17, 15) is 14.8 Å². The van der Waals surface area contributed by atoms with Crippen LogP contribution in [0.4, 0.5) is 0 Å². The summed E-state index contributed by atoms with van der Waals surface area (Å²) in [4.78, 5) is 31.7. The van der Waals surface area contributed by atoms with E-state index < -0.39 is 11.8 Å². The van der Waals surface area contributed by atoms with Crippen LogP contribution in [0.3, 0.4) is 0 Å². The van der Waals surface area contributed by atoms with Crippen LogP contribution < -0.4 is 0 Å². The van der Waals surface area contributed by atoms with Gasteiger partial charge in [-0.15, -0.1) is 0 Å². The van der Waals surface area contributed by atoms with Gasteiger partial charge >= 0.3 is 0 Å². The maximum absolute atomic E-state index is 12.6. The second-order valence-corrected chi connectivity index (χ2v) is 8.89. The van der Waals surface area contributed by atoms with Gasteiger partial charge in [-0.05, 0) is 68.1 Å². The molecule has 3 fully saturated rings. The van der Waals surface area contributed by atoms with Gasteiger partial charge in [0.05, 0.1) is 5.54 Å². The van der Waals surface area contributed by atoms with Crippen molar-refractivity contribution in [2.45, 2.75) is 77.1 Å². The summed E-state index contributed by atoms with van der Waals surface area (Å²) in [5.74, 6) is 0.851. The van der Waals surface area contributed by atoms with Crippen LogP contribution in [0.1, 0.15) is 59.3 Å². The lowest BCUT2D eigenvalue weighted by atomic mass is 9.60. The Morgan fingerprint density at radius 2 is 2.12 bits per heavy atom. The third kappa shape index (κ3) is 2.33. The molecule has 0 amide bonds. The molecule has 0 spiro atoms. The molecule has 2 saturated heterocycles. The van der Waals surface area contributed by atoms with Crippen molar-refractivity contribution in [1.29, 1.82) is 0 Å². The van der Waals surface area contributed by atoms with Crippen LogP contribution in [0.2, 0.25) is 0 Å². The molecule has 2 heterocycles. The topological polar surface area (TPSA) is 66.8 Å². The molecular formula is C21H29NO4. The molecule has 5 heteroatoms. The average Bonchev–Trinajstić information content (AvgIpc) is 2.97. The number of allylic oxidation sites excluding steroid dienone is 2. The first-order valence-corrected chi connectivity index (χ1v) is 9.90. The second kappa shape index (κ2) is 6.11. The Balaban J connectivity index is 1.74. The summed E-state index contributed by atoms with van der Waals surface area (Å²) in [5.41, 5.74) is 0.567. The van der Waals surface area contributed by atoms with E-state index in [1.165, 1.54) is 0 Å². The van der Waals surface area contributed by atoms with Gasteiger partial charge in [-0.3, -0.25) is 19.7 Å². The molecule has 1 N–H and O–H groups in total. The standard InChI is InChI=1S/C21H29NO4/c1-4-18(24)16-7-6-15-17-8-5-13-11-14(23)9-10-21(13,3)22(17)19(26-25)12-20(15,16)2/h9-11,15-17,19,25H,4-8,12H2,1-3H3/t15?,16?,17-,19-,20-,21-/m0/s1. The maximum atomic E-state index is 12.6. The van der Waals surface area contributed by atoms with Gasteiger partial charge in [0.1, 0.15) is 12.0 Å². The molecule has 4 rings (SSSR count). The van der Waals surface area contributed by atoms with E-state index in [2.05, 4.69) is 18.7 Å². The first-order chi connectivity index (χ1) is 12.3. The van der Waals surface area contributed by atoms with Crippen molar-refractivity contribution in [2.24, 2.45) is 17.3 Å². The predicted molar refractivity (Wildman–Crippen MR) is 97.2 cm³/mol. The Morgan fingerprint density at radius 1 is 1.35 bits per heavy atom. The number of carbonyl (C=O) groups is 2. The zero-order valence-corrected chi connectivity index (χ0v) is 15.9. The number of Topliss-reactive ketones (excluding diaryl/α,β-unsaturated/α-hetero) is 1. The Kier molecular flexibility index (Phi) is 4.25. The highest BCUT2D eigenvalue weighted by atomic mass is 17.1. The molecule has 2 aliphatic heterocycles. The lowest BCUT2D eigenvalue weighted by Crippen LogP contribution is -2.67. The summed E-state index contributed by atoms with van der Waals surface area (Å²) >= 11 is 0. The second-order valence-electron chi connectivity index (χ2n) is 8.89. The zero-order valence-electron chi connectivity index (χ0n) is 15.9. The highest BCUT2D eigenvalue weighted by molar-refractivity contribution is 6.01. The normalized spacial score (nSPS) is 44.9. The van der Waals surface area contributed by atoms with E-state index in [0.717, 1.165) is 31.3 Å². The fourth-order valence-electron chi connectivity index (χ4n) is 6.52. The largest absolute Gasteiger partial charge is 0.299 e. The molecule has 6 atom stereocenters. The van der Waals surface area contributed by atoms with Crippen LogP contribution in [0, 0.1) is 17.3 Å². The van der Waals surface area contributed by atoms with Crippen molar-refractivity contribution in [3.05, 3.63) is 23.8 Å². The molecule has 0 bridgehead atoms. The number of piperidine rings is 2. The van der Waals surface area contributed by atoms with Crippen molar-refractivity contribution in [2.75, 3.05) is 0 Å². The number of nitrogens with zero attached hydrogens (tertiary/aromatic N) is 1. The number of carbonyl (C=O) groups excluding carboxylic acids is 2. The van der Waals surface area contributed by atoms with E-state index in [4.69, 9.17) is 4.89 Å². The van der Waals surface area contributed by atoms with Crippen molar-refractivity contribution < 1.29 is 19.7 Å². The number of ketones is 2. The van der Waals surface area contributed by atoms with Gasteiger partial charge in [-0.25, -0.2) is 4.89 Å². The average molecular weight is 359 g/mol. The van der Waals surface area contributed by atoms with E-state index >= 15 is 0 Å². The minimum Gasteiger partial charge on any atom is -0.299 e. The highest BCUT2D eigenvalue weighted by Gasteiger charge is 2.62. The van der Waals surface area contributed by atoms with Crippen molar-refractivity contribution in [3.63, 3.8) is 0 Å². The molecule has 1 saturated carbocycles. The minimum absolute atomic E-state index is 0.0358. The molecule has 4 aliphatic rings. The van der Waals surface area contributed by atoms with Gasteiger partial charge in [0.2, 0.25) is 0 Å². The van der Waals surface area contributed by atoms with Gasteiger partial charge in [0, 0.05) is 18.4 Å². The quantitative estimate of drug-likeness (QED) is 0.617. The van der Waals surface area contributed by atoms with E-state index in [-0.39, 0.29) is 23.2 Å². The lowest BCUT2D eigenvalue weighted by Gasteiger charge is -2.61. The smallest absolute Gasteiger partial charge is 0.178 e. The summed E-state index contributed by atoms with van der Waals surface area (Å²) in [5, 5.41) is 9.77. The Bertz CT molecular complexity index is 698. The minimum atomic E-state index is -0.460. The molecule has 2 unspecified atom stereocenters. The third-order valence-corrected chi connectivity index (χ3v) is 7.80. The highest BCUT2D eigenvalue weighted by Crippen LogP contribution is 2.60. The summed E-state index contributed by atoms with van der Waals surface area (Å²) in [6.07, 6.45) is 9.90. The van der Waals surface area contributed by atoms with Gasteiger partial charge in [-0.1, -0.05) is 19.9 Å². The van der Waals surface area contributed by atoms with Crippen LogP contribution in [-0.4, -0.2) is 39.5 Å². The zero-order chi connectivity index (χ0) is 18.7. The van der Waals surface area contributed by atoms with Crippen LogP contribution in [0.5, 0.6) is 0 Å². The van der Waals surface area contributed by atoms with Gasteiger partial charge in [-0.2, -0.15) is 0 Å². The number of fused-ring (bicyclic) bond motifs is 5. The van der Waals surface area contributed by atoms with Crippen molar-refractivity contribution >= 4 is 11.6 Å². The maximum Gasteiger partial charge on any atom is 0.178 e. The van der Waals surface area contributed by atoms with Crippen LogP contribution in [0.25, 0.3) is 0 Å². The Hall–Kier alpha value is -1.30. The van der Waals surface area contributed by atoms with E-state index in [1.807, 2.05) is 13.0 Å². The number of rotatable bonds is 3. The van der Waals surface area contributed by atoms with Crippen molar-refractivity contribution in [3.8, 4) is 0 Å². The molecule has 0 aromatic rings. The molecule has 0 radical (unpaired) electrons. The molecule has 142 valence electrons. The Labute approximate surface area is 155 Å². The molecule has 2 aliphatic carbocycles. The van der Waals surface area contributed by atoms with E-state index in [1.54, 1.807) is 12.2 Å². The number of hydrogen-bond acceptors (Lipinski definition) is 5. The molecular weight excluding hydrogens is 330 g/mol. The van der Waals surface area contributed by atoms with E-state index in [0.29, 0.717) is 24.5 Å². The summed E-state index contributed by atoms with van der Waals surface area (Å²) in [7, 11) is 0. The molecule has 26 heavy (non-hydrogen) atoms. The lowest BCUT2D eigenvalue weighted by molar-refractivity contribution is -0.347. The summed E-state index contributed by atoms with van der Waals surface area (Å²) in [6.45, 7) is 6.28. The monoisotopic (exact) mass is 359 g/mol. The first-order valence-electron chi connectivity index (χ1n) is 9.90. The van der Waals surface area contributed by atoms with Crippen LogP contribution >= 0.6 is 0 Å². The van der Waals surface area contributed by atoms with Gasteiger partial charge in [0.15, 0.2) is 5.78 Å². The van der Waals surface area contributed by atoms with Crippen molar-refractivity contribution in [1.82, 2.24) is 4.90 Å². The SMILES string of the molecule is CCC(=O)C1CCC2[C@@H]3CCC4=CC(=O)C=C[C@]4(C)N3[C@@H](OO)C[C@]12C. The van der Waals surface area contributed by atoms with Crippen LogP contribution in [-0.2, 0) is 14.5 Å². The summed E-state index contributed by atoms with van der Waals surface area (Å²) < 4.78 is 0. The summed E-state index contributed by atoms with van der Waals surface area (Å²) in [6, 6.07) is 0.251. The van der Waals surface area contributed by atoms with Crippen LogP contribution in [0.15, 0.2) is 23.8 Å². The molecule has 0 aromatic carbocycles. The fourth-order valence-corrected chi connectivity index (χ4v) is 6.52.